The molecule has 0 spiro atoms. The van der Waals surface area contributed by atoms with Crippen LogP contribution in [0.2, 0.25) is 0 Å². The maximum Gasteiger partial charge on any atom is 0.137 e. The van der Waals surface area contributed by atoms with Crippen molar-refractivity contribution in [2.45, 2.75) is 6.04 Å². The highest BCUT2D eigenvalue weighted by Gasteiger charge is 2.18. The van der Waals surface area contributed by atoms with Gasteiger partial charge in [0.1, 0.15) is 17.5 Å². The van der Waals surface area contributed by atoms with Crippen molar-refractivity contribution in [2.75, 3.05) is 0 Å². The number of nitrogens with one attached hydrogen (secondary N) is 1. The molecule has 3 N–H and O–H groups in total. The van der Waals surface area contributed by atoms with Crippen LogP contribution in [0.15, 0.2) is 40.9 Å². The molecule has 1 unspecified atom stereocenters. The third-order valence-corrected chi connectivity index (χ3v) is 3.51. The number of hydrazine groups is 1. The first-order chi connectivity index (χ1) is 9.02. The van der Waals surface area contributed by atoms with E-state index in [1.165, 1.54) is 12.1 Å². The van der Waals surface area contributed by atoms with Crippen molar-refractivity contribution in [3.8, 4) is 0 Å². The minimum Gasteiger partial charge on any atom is -0.271 e. The van der Waals surface area contributed by atoms with Gasteiger partial charge in [-0.1, -0.05) is 12.1 Å². The van der Waals surface area contributed by atoms with Gasteiger partial charge >= 0.3 is 0 Å². The smallest absolute Gasteiger partial charge is 0.137 e. The van der Waals surface area contributed by atoms with E-state index in [4.69, 9.17) is 5.84 Å². The van der Waals surface area contributed by atoms with Gasteiger partial charge in [-0.15, -0.1) is 0 Å². The molecule has 2 aromatic carbocycles. The van der Waals surface area contributed by atoms with Crippen LogP contribution in [0.25, 0.3) is 0 Å². The van der Waals surface area contributed by atoms with Crippen LogP contribution in [0.5, 0.6) is 0 Å². The topological polar surface area (TPSA) is 38.0 Å². The van der Waals surface area contributed by atoms with E-state index in [0.29, 0.717) is 5.56 Å². The summed E-state index contributed by atoms with van der Waals surface area (Å²) >= 11 is 3.10. The zero-order chi connectivity index (χ0) is 14.0. The fourth-order valence-electron chi connectivity index (χ4n) is 1.85. The molecule has 2 nitrogen and oxygen atoms in total. The summed E-state index contributed by atoms with van der Waals surface area (Å²) in [6, 6.07) is 6.70. The molecule has 0 aliphatic heterocycles. The van der Waals surface area contributed by atoms with Crippen LogP contribution in [0.1, 0.15) is 17.2 Å². The minimum absolute atomic E-state index is 0.197. The maximum atomic E-state index is 13.5. The molecular weight excluding hydrogens is 321 g/mol. The van der Waals surface area contributed by atoms with Gasteiger partial charge in [-0.25, -0.2) is 18.6 Å². The quantitative estimate of drug-likeness (QED) is 0.668. The summed E-state index contributed by atoms with van der Waals surface area (Å²) < 4.78 is 40.1. The van der Waals surface area contributed by atoms with E-state index < -0.39 is 23.5 Å². The van der Waals surface area contributed by atoms with Gasteiger partial charge in [-0.05, 0) is 45.3 Å². The molecule has 0 saturated carbocycles. The highest BCUT2D eigenvalue weighted by atomic mass is 79.9. The minimum atomic E-state index is -0.727. The Kier molecular flexibility index (Phi) is 4.24. The zero-order valence-electron chi connectivity index (χ0n) is 9.63. The fraction of sp³-hybridized carbons (Fsp3) is 0.0769. The van der Waals surface area contributed by atoms with Gasteiger partial charge in [0.25, 0.3) is 0 Å². The Labute approximate surface area is 116 Å². The molecule has 0 heterocycles. The lowest BCUT2D eigenvalue weighted by molar-refractivity contribution is 0.562. The Hall–Kier alpha value is -1.37. The number of rotatable bonds is 3. The molecule has 100 valence electrons. The van der Waals surface area contributed by atoms with Crippen LogP contribution in [-0.2, 0) is 0 Å². The molecule has 0 aliphatic carbocycles. The lowest BCUT2D eigenvalue weighted by atomic mass is 9.99. The molecule has 2 rings (SSSR count). The van der Waals surface area contributed by atoms with Gasteiger partial charge in [0.15, 0.2) is 0 Å². The van der Waals surface area contributed by atoms with Crippen LogP contribution in [0.3, 0.4) is 0 Å². The van der Waals surface area contributed by atoms with E-state index in [0.717, 1.165) is 18.2 Å². The molecule has 2 aromatic rings. The van der Waals surface area contributed by atoms with Crippen molar-refractivity contribution in [1.29, 1.82) is 0 Å². The molecule has 0 radical (unpaired) electrons. The third kappa shape index (κ3) is 2.97. The van der Waals surface area contributed by atoms with E-state index in [-0.39, 0.29) is 10.0 Å². The normalized spacial score (nSPS) is 12.5. The standard InChI is InChI=1S/C13H10BrF3N2/c14-12-10(2-1-3-11(12)17)13(19-18)7-4-8(15)6-9(16)5-7/h1-6,13,19H,18H2. The van der Waals surface area contributed by atoms with Gasteiger partial charge in [-0.3, -0.25) is 5.84 Å². The van der Waals surface area contributed by atoms with Crippen molar-refractivity contribution in [1.82, 2.24) is 5.43 Å². The summed E-state index contributed by atoms with van der Waals surface area (Å²) in [6.45, 7) is 0. The van der Waals surface area contributed by atoms with E-state index in [9.17, 15) is 13.2 Å². The summed E-state index contributed by atoms with van der Waals surface area (Å²) in [4.78, 5) is 0. The molecule has 0 fully saturated rings. The van der Waals surface area contributed by atoms with Gasteiger partial charge in [0, 0.05) is 6.07 Å². The average Bonchev–Trinajstić information content (AvgIpc) is 2.34. The second-order valence-corrected chi connectivity index (χ2v) is 4.74. The van der Waals surface area contributed by atoms with Gasteiger partial charge < -0.3 is 0 Å². The second-order valence-electron chi connectivity index (χ2n) is 3.95. The molecule has 19 heavy (non-hydrogen) atoms. The summed E-state index contributed by atoms with van der Waals surface area (Å²) in [7, 11) is 0. The van der Waals surface area contributed by atoms with Gasteiger partial charge in [0.05, 0.1) is 10.5 Å². The van der Waals surface area contributed by atoms with E-state index in [2.05, 4.69) is 21.4 Å². The highest BCUT2D eigenvalue weighted by molar-refractivity contribution is 9.10. The van der Waals surface area contributed by atoms with Crippen LogP contribution >= 0.6 is 15.9 Å². The van der Waals surface area contributed by atoms with E-state index in [1.54, 1.807) is 6.07 Å². The van der Waals surface area contributed by atoms with Crippen LogP contribution < -0.4 is 11.3 Å². The van der Waals surface area contributed by atoms with Crippen molar-refractivity contribution >= 4 is 15.9 Å². The SMILES string of the molecule is NNC(c1cc(F)cc(F)c1)c1cccc(F)c1Br. The van der Waals surface area contributed by atoms with Gasteiger partial charge in [0.2, 0.25) is 0 Å². The van der Waals surface area contributed by atoms with Crippen LogP contribution in [0, 0.1) is 17.5 Å². The zero-order valence-corrected chi connectivity index (χ0v) is 11.2. The Bertz CT molecular complexity index is 584. The predicted octanol–water partition coefficient (Wildman–Crippen LogP) is 3.42. The second kappa shape index (κ2) is 5.73. The lowest BCUT2D eigenvalue weighted by Gasteiger charge is -2.18. The summed E-state index contributed by atoms with van der Waals surface area (Å²) in [5.74, 6) is 3.50. The molecule has 1 atom stereocenters. The molecular formula is C13H10BrF3N2. The van der Waals surface area contributed by atoms with E-state index >= 15 is 0 Å². The predicted molar refractivity (Wildman–Crippen MR) is 69.6 cm³/mol. The molecule has 0 aromatic heterocycles. The Morgan fingerprint density at radius 3 is 2.26 bits per heavy atom. The Morgan fingerprint density at radius 1 is 1.05 bits per heavy atom. The highest BCUT2D eigenvalue weighted by Crippen LogP contribution is 2.30. The number of benzene rings is 2. The lowest BCUT2D eigenvalue weighted by Crippen LogP contribution is -2.29. The first kappa shape index (κ1) is 14.0. The Morgan fingerprint density at radius 2 is 1.68 bits per heavy atom. The van der Waals surface area contributed by atoms with Crippen molar-refractivity contribution in [3.05, 3.63) is 69.4 Å². The molecule has 0 amide bonds. The third-order valence-electron chi connectivity index (χ3n) is 2.68. The number of nitrogens with two attached hydrogens (primary N) is 1. The maximum absolute atomic E-state index is 13.5. The number of halogens is 4. The first-order valence-electron chi connectivity index (χ1n) is 5.39. The van der Waals surface area contributed by atoms with Crippen LogP contribution in [-0.4, -0.2) is 0 Å². The fourth-order valence-corrected chi connectivity index (χ4v) is 2.34. The summed E-state index contributed by atoms with van der Waals surface area (Å²) in [6.07, 6.45) is 0. The van der Waals surface area contributed by atoms with Crippen LogP contribution in [0.4, 0.5) is 13.2 Å². The van der Waals surface area contributed by atoms with Gasteiger partial charge in [-0.2, -0.15) is 0 Å². The van der Waals surface area contributed by atoms with Crippen molar-refractivity contribution in [3.63, 3.8) is 0 Å². The first-order valence-corrected chi connectivity index (χ1v) is 6.18. The summed E-state index contributed by atoms with van der Waals surface area (Å²) in [5, 5.41) is 0. The summed E-state index contributed by atoms with van der Waals surface area (Å²) in [5.41, 5.74) is 3.15. The van der Waals surface area contributed by atoms with Crippen molar-refractivity contribution in [2.24, 2.45) is 5.84 Å². The largest absolute Gasteiger partial charge is 0.271 e. The molecule has 0 saturated heterocycles. The average molecular weight is 331 g/mol. The monoisotopic (exact) mass is 330 g/mol. The Balaban J connectivity index is 2.53. The number of hydrogen-bond acceptors (Lipinski definition) is 2. The molecule has 6 heteroatoms. The molecule has 0 aliphatic rings. The van der Waals surface area contributed by atoms with E-state index in [1.807, 2.05) is 0 Å². The number of hydrogen-bond donors (Lipinski definition) is 2. The molecule has 0 bridgehead atoms. The van der Waals surface area contributed by atoms with Crippen molar-refractivity contribution < 1.29 is 13.2 Å².